The maximum absolute atomic E-state index is 10.7. The summed E-state index contributed by atoms with van der Waals surface area (Å²) < 4.78 is 6.06. The second-order valence-electron chi connectivity index (χ2n) is 7.31. The Hall–Kier alpha value is -1.80. The van der Waals surface area contributed by atoms with Crippen LogP contribution in [0.15, 0.2) is 24.4 Å². The Bertz CT molecular complexity index is 929. The van der Waals surface area contributed by atoms with Gasteiger partial charge in [0.15, 0.2) is 6.29 Å². The number of aromatic amines is 1. The van der Waals surface area contributed by atoms with Gasteiger partial charge >= 0.3 is 0 Å². The lowest BCUT2D eigenvalue weighted by Crippen LogP contribution is -2.51. The van der Waals surface area contributed by atoms with Gasteiger partial charge in [-0.05, 0) is 57.0 Å². The Morgan fingerprint density at radius 3 is 2.88 bits per heavy atom. The molecule has 3 aromatic rings. The maximum Gasteiger partial charge on any atom is 0.198 e. The van der Waals surface area contributed by atoms with Crippen molar-refractivity contribution in [1.82, 2.24) is 20.1 Å². The number of rotatable bonds is 4. The Labute approximate surface area is 155 Å². The molecule has 1 unspecified atom stereocenters. The minimum Gasteiger partial charge on any atom is -0.363 e. The second-order valence-corrected chi connectivity index (χ2v) is 8.54. The van der Waals surface area contributed by atoms with Gasteiger partial charge < -0.3 is 14.7 Å². The Kier molecular flexibility index (Phi) is 4.04. The van der Waals surface area contributed by atoms with Gasteiger partial charge in [0.2, 0.25) is 0 Å². The standard InChI is InChI=1S/C19H22N4O2S/c1-11-9-20-18(26-11)13-2-3-15-14(8-13)17(22-21-15)19(24)25-16-10-23-6-4-12(16)5-7-23/h2-3,8-9,12,16,19,24H,4-7,10H2,1H3,(H,21,22)/t16-,19?/m0/s1. The predicted molar refractivity (Wildman–Crippen MR) is 101 cm³/mol. The van der Waals surface area contributed by atoms with Crippen molar-refractivity contribution in [2.75, 3.05) is 19.6 Å². The van der Waals surface area contributed by atoms with E-state index in [2.05, 4.69) is 27.0 Å². The summed E-state index contributed by atoms with van der Waals surface area (Å²) in [6, 6.07) is 6.02. The van der Waals surface area contributed by atoms with Gasteiger partial charge in [0.1, 0.15) is 5.01 Å². The number of piperidine rings is 3. The number of aryl methyl sites for hydroxylation is 1. The molecule has 136 valence electrons. The fourth-order valence-corrected chi connectivity index (χ4v) is 4.90. The third-order valence-corrected chi connectivity index (χ3v) is 6.56. The van der Waals surface area contributed by atoms with Crippen molar-refractivity contribution in [2.45, 2.75) is 32.2 Å². The molecule has 6 rings (SSSR count). The molecule has 0 saturated carbocycles. The van der Waals surface area contributed by atoms with E-state index in [1.165, 1.54) is 4.88 Å². The summed E-state index contributed by atoms with van der Waals surface area (Å²) in [4.78, 5) is 8.06. The van der Waals surface area contributed by atoms with Gasteiger partial charge in [-0.2, -0.15) is 5.10 Å². The van der Waals surface area contributed by atoms with Crippen LogP contribution < -0.4 is 0 Å². The maximum atomic E-state index is 10.7. The summed E-state index contributed by atoms with van der Waals surface area (Å²) in [5.74, 6) is 0.553. The van der Waals surface area contributed by atoms with Crippen LogP contribution in [0.25, 0.3) is 21.5 Å². The summed E-state index contributed by atoms with van der Waals surface area (Å²) in [5, 5.41) is 19.9. The van der Waals surface area contributed by atoms with Crippen LogP contribution in [-0.4, -0.2) is 50.9 Å². The lowest BCUT2D eigenvalue weighted by molar-refractivity contribution is -0.183. The second kappa shape index (κ2) is 6.42. The molecule has 3 aliphatic rings. The number of hydrogen-bond donors (Lipinski definition) is 2. The van der Waals surface area contributed by atoms with Gasteiger partial charge in [-0.15, -0.1) is 11.3 Å². The number of ether oxygens (including phenoxy) is 1. The number of aromatic nitrogens is 3. The monoisotopic (exact) mass is 370 g/mol. The molecule has 2 atom stereocenters. The fourth-order valence-electron chi connectivity index (χ4n) is 4.14. The van der Waals surface area contributed by atoms with Crippen molar-refractivity contribution < 1.29 is 9.84 Å². The molecule has 1 aromatic carbocycles. The van der Waals surface area contributed by atoms with Crippen molar-refractivity contribution in [3.8, 4) is 10.6 Å². The van der Waals surface area contributed by atoms with Crippen molar-refractivity contribution in [1.29, 1.82) is 0 Å². The summed E-state index contributed by atoms with van der Waals surface area (Å²) >= 11 is 1.66. The van der Waals surface area contributed by atoms with Gasteiger partial charge in [0.05, 0.1) is 17.3 Å². The topological polar surface area (TPSA) is 74.3 Å². The molecule has 26 heavy (non-hydrogen) atoms. The van der Waals surface area contributed by atoms with Crippen molar-refractivity contribution in [3.05, 3.63) is 35.0 Å². The van der Waals surface area contributed by atoms with E-state index >= 15 is 0 Å². The average Bonchev–Trinajstić information content (AvgIpc) is 3.28. The molecule has 0 radical (unpaired) electrons. The van der Waals surface area contributed by atoms with Crippen LogP contribution in [0.4, 0.5) is 0 Å². The number of aliphatic hydroxyl groups is 1. The van der Waals surface area contributed by atoms with E-state index in [0.717, 1.165) is 53.9 Å². The third-order valence-electron chi connectivity index (χ3n) is 5.60. The van der Waals surface area contributed by atoms with E-state index in [1.807, 2.05) is 24.4 Å². The summed E-state index contributed by atoms with van der Waals surface area (Å²) in [6.45, 7) is 5.28. The molecular weight excluding hydrogens is 348 g/mol. The van der Waals surface area contributed by atoms with Crippen LogP contribution in [-0.2, 0) is 4.74 Å². The smallest absolute Gasteiger partial charge is 0.198 e. The van der Waals surface area contributed by atoms with Crippen LogP contribution in [0, 0.1) is 12.8 Å². The minimum absolute atomic E-state index is 0.0932. The van der Waals surface area contributed by atoms with Gasteiger partial charge in [-0.25, -0.2) is 4.98 Å². The highest BCUT2D eigenvalue weighted by atomic mass is 32.1. The molecule has 3 fully saturated rings. The Balaban J connectivity index is 1.42. The number of fused-ring (bicyclic) bond motifs is 4. The van der Waals surface area contributed by atoms with Crippen molar-refractivity contribution in [2.24, 2.45) is 5.92 Å². The lowest BCUT2D eigenvalue weighted by Gasteiger charge is -2.44. The number of hydrogen-bond acceptors (Lipinski definition) is 6. The first-order chi connectivity index (χ1) is 12.7. The van der Waals surface area contributed by atoms with Crippen LogP contribution in [0.2, 0.25) is 0 Å². The zero-order chi connectivity index (χ0) is 17.7. The fraction of sp³-hybridized carbons (Fsp3) is 0.474. The van der Waals surface area contributed by atoms with Crippen molar-refractivity contribution in [3.63, 3.8) is 0 Å². The zero-order valence-corrected chi connectivity index (χ0v) is 15.5. The van der Waals surface area contributed by atoms with Gasteiger partial charge in [-0.1, -0.05) is 0 Å². The van der Waals surface area contributed by atoms with Crippen molar-refractivity contribution >= 4 is 22.2 Å². The highest BCUT2D eigenvalue weighted by Crippen LogP contribution is 2.34. The normalized spacial score (nSPS) is 26.5. The number of nitrogens with one attached hydrogen (secondary N) is 1. The summed E-state index contributed by atoms with van der Waals surface area (Å²) in [7, 11) is 0. The molecule has 3 aliphatic heterocycles. The quantitative estimate of drug-likeness (QED) is 0.691. The molecule has 2 N–H and O–H groups in total. The van der Waals surface area contributed by atoms with Crippen LogP contribution in [0.5, 0.6) is 0 Å². The van der Waals surface area contributed by atoms with E-state index in [1.54, 1.807) is 11.3 Å². The van der Waals surface area contributed by atoms with E-state index in [0.29, 0.717) is 11.6 Å². The van der Waals surface area contributed by atoms with E-state index in [9.17, 15) is 5.11 Å². The minimum atomic E-state index is -0.987. The molecule has 0 spiro atoms. The zero-order valence-electron chi connectivity index (χ0n) is 14.7. The van der Waals surface area contributed by atoms with Crippen LogP contribution in [0.1, 0.15) is 29.7 Å². The largest absolute Gasteiger partial charge is 0.363 e. The SMILES string of the molecule is Cc1cnc(-c2ccc3n[nH]c(C(O)O[C@H]4CN5CCC4CC5)c3c2)s1. The predicted octanol–water partition coefficient (Wildman–Crippen LogP) is 3.10. The molecule has 2 bridgehead atoms. The first-order valence-corrected chi connectivity index (χ1v) is 9.96. The molecule has 5 heterocycles. The molecule has 0 aliphatic carbocycles. The van der Waals surface area contributed by atoms with E-state index in [4.69, 9.17) is 4.74 Å². The molecule has 2 aromatic heterocycles. The van der Waals surface area contributed by atoms with Gasteiger partial charge in [0, 0.05) is 28.6 Å². The number of aliphatic hydroxyl groups excluding tert-OH is 1. The number of nitrogens with zero attached hydrogens (tertiary/aromatic N) is 3. The number of benzene rings is 1. The summed E-state index contributed by atoms with van der Waals surface area (Å²) in [6.07, 6.45) is 3.31. The Morgan fingerprint density at radius 1 is 1.35 bits per heavy atom. The third kappa shape index (κ3) is 2.85. The van der Waals surface area contributed by atoms with Crippen LogP contribution in [0.3, 0.4) is 0 Å². The van der Waals surface area contributed by atoms with Gasteiger partial charge in [0.25, 0.3) is 0 Å². The highest BCUT2D eigenvalue weighted by molar-refractivity contribution is 7.14. The molecule has 7 heteroatoms. The van der Waals surface area contributed by atoms with Gasteiger partial charge in [-0.3, -0.25) is 5.10 Å². The average molecular weight is 370 g/mol. The molecule has 0 amide bonds. The first-order valence-electron chi connectivity index (χ1n) is 9.14. The first kappa shape index (κ1) is 16.4. The van der Waals surface area contributed by atoms with Crippen LogP contribution >= 0.6 is 11.3 Å². The molecular formula is C19H22N4O2S. The van der Waals surface area contributed by atoms with E-state index in [-0.39, 0.29) is 6.10 Å². The highest BCUT2D eigenvalue weighted by Gasteiger charge is 2.36. The van der Waals surface area contributed by atoms with E-state index < -0.39 is 6.29 Å². The molecule has 3 saturated heterocycles. The number of thiazole rings is 1. The Morgan fingerprint density at radius 2 is 2.19 bits per heavy atom. The number of H-pyrrole nitrogens is 1. The summed E-state index contributed by atoms with van der Waals surface area (Å²) in [5.41, 5.74) is 2.49. The lowest BCUT2D eigenvalue weighted by atomic mass is 9.86. The molecule has 6 nitrogen and oxygen atoms in total.